The molecule has 0 spiro atoms. The molecule has 1 aromatic heterocycles. The highest BCUT2D eigenvalue weighted by atomic mass is 32.1. The lowest BCUT2D eigenvalue weighted by Crippen LogP contribution is -2.24. The Hall–Kier alpha value is -1.92. The number of thiazole rings is 1. The summed E-state index contributed by atoms with van der Waals surface area (Å²) in [6.45, 7) is 1.11. The van der Waals surface area contributed by atoms with Gasteiger partial charge in [0.2, 0.25) is 5.91 Å². The van der Waals surface area contributed by atoms with Crippen LogP contribution in [0.5, 0.6) is 5.75 Å². The third kappa shape index (κ3) is 4.82. The van der Waals surface area contributed by atoms with Crippen molar-refractivity contribution in [1.82, 2.24) is 10.3 Å². The second-order valence-electron chi connectivity index (χ2n) is 4.89. The van der Waals surface area contributed by atoms with Crippen LogP contribution in [0.3, 0.4) is 0 Å². The summed E-state index contributed by atoms with van der Waals surface area (Å²) in [7, 11) is 1.62. The minimum Gasteiger partial charge on any atom is -0.496 e. The first-order chi connectivity index (χ1) is 10.7. The fraction of sp³-hybridized carbons (Fsp3) is 0.375. The Morgan fingerprint density at radius 1 is 1.41 bits per heavy atom. The second kappa shape index (κ2) is 8.51. The Morgan fingerprint density at radius 2 is 2.23 bits per heavy atom. The molecule has 2 aromatic rings. The number of benzene rings is 1. The lowest BCUT2D eigenvalue weighted by atomic mass is 10.2. The van der Waals surface area contributed by atoms with Gasteiger partial charge >= 0.3 is 0 Å². The molecule has 0 aliphatic carbocycles. The number of aryl methyl sites for hydroxylation is 1. The number of nitrogens with one attached hydrogen (secondary N) is 1. The predicted molar refractivity (Wildman–Crippen MR) is 88.0 cm³/mol. The van der Waals surface area contributed by atoms with Crippen molar-refractivity contribution in [2.45, 2.75) is 25.8 Å². The van der Waals surface area contributed by atoms with Crippen molar-refractivity contribution in [3.05, 3.63) is 45.9 Å². The molecule has 0 saturated carbocycles. The normalized spacial score (nSPS) is 10.5. The van der Waals surface area contributed by atoms with Crippen molar-refractivity contribution < 1.29 is 9.53 Å². The highest BCUT2D eigenvalue weighted by Crippen LogP contribution is 2.17. The molecule has 118 valence electrons. The number of carbonyl (C=O) groups excluding carboxylic acids is 1. The van der Waals surface area contributed by atoms with Crippen molar-refractivity contribution in [2.24, 2.45) is 5.73 Å². The molecule has 2 rings (SSSR count). The zero-order chi connectivity index (χ0) is 15.8. The van der Waals surface area contributed by atoms with Crippen LogP contribution in [0.25, 0.3) is 0 Å². The zero-order valence-electron chi connectivity index (χ0n) is 12.7. The van der Waals surface area contributed by atoms with Crippen LogP contribution >= 0.6 is 11.3 Å². The average Bonchev–Trinajstić information content (AvgIpc) is 2.98. The summed E-state index contributed by atoms with van der Waals surface area (Å²) in [5.41, 5.74) is 7.26. The summed E-state index contributed by atoms with van der Waals surface area (Å²) >= 11 is 1.59. The molecule has 3 N–H and O–H groups in total. The van der Waals surface area contributed by atoms with Gasteiger partial charge in [-0.3, -0.25) is 4.79 Å². The van der Waals surface area contributed by atoms with Crippen LogP contribution in [0.1, 0.15) is 22.7 Å². The van der Waals surface area contributed by atoms with Gasteiger partial charge in [0.05, 0.1) is 24.2 Å². The van der Waals surface area contributed by atoms with Crippen molar-refractivity contribution in [3.63, 3.8) is 0 Å². The van der Waals surface area contributed by atoms with Gasteiger partial charge in [0.1, 0.15) is 5.75 Å². The van der Waals surface area contributed by atoms with Crippen LogP contribution in [0, 0.1) is 0 Å². The van der Waals surface area contributed by atoms with Crippen LogP contribution in [0.15, 0.2) is 29.6 Å². The molecule has 1 heterocycles. The van der Waals surface area contributed by atoms with E-state index in [1.54, 1.807) is 18.4 Å². The molecule has 0 bridgehead atoms. The van der Waals surface area contributed by atoms with Crippen molar-refractivity contribution in [3.8, 4) is 5.75 Å². The monoisotopic (exact) mass is 319 g/mol. The molecule has 0 saturated heterocycles. The van der Waals surface area contributed by atoms with Gasteiger partial charge in [-0.05, 0) is 19.0 Å². The molecule has 0 unspecified atom stereocenters. The fourth-order valence-electron chi connectivity index (χ4n) is 2.07. The van der Waals surface area contributed by atoms with Crippen LogP contribution in [0.2, 0.25) is 0 Å². The number of methoxy groups -OCH3 is 1. The van der Waals surface area contributed by atoms with Crippen LogP contribution in [0.4, 0.5) is 0 Å². The maximum atomic E-state index is 12.0. The molecule has 0 aliphatic rings. The molecule has 0 fully saturated rings. The molecule has 0 atom stereocenters. The number of aromatic nitrogens is 1. The molecule has 0 aliphatic heterocycles. The minimum atomic E-state index is -0.0402. The van der Waals surface area contributed by atoms with Gasteiger partial charge < -0.3 is 15.8 Å². The summed E-state index contributed by atoms with van der Waals surface area (Å²) in [5, 5.41) is 5.88. The van der Waals surface area contributed by atoms with Crippen LogP contribution in [-0.4, -0.2) is 24.5 Å². The molecular formula is C16H21N3O2S. The average molecular weight is 319 g/mol. The van der Waals surface area contributed by atoms with E-state index in [1.165, 1.54) is 0 Å². The predicted octanol–water partition coefficient (Wildman–Crippen LogP) is 1.90. The van der Waals surface area contributed by atoms with E-state index in [2.05, 4.69) is 10.3 Å². The molecular weight excluding hydrogens is 298 g/mol. The van der Waals surface area contributed by atoms with E-state index in [9.17, 15) is 4.79 Å². The number of ether oxygens (including phenoxy) is 1. The van der Waals surface area contributed by atoms with Gasteiger partial charge in [0, 0.05) is 23.9 Å². The Labute approximate surface area is 134 Å². The molecule has 6 heteroatoms. The SMILES string of the molecule is COc1ccccc1CNC(=O)Cc1csc(CCCN)n1. The maximum absolute atomic E-state index is 12.0. The Bertz CT molecular complexity index is 613. The van der Waals surface area contributed by atoms with E-state index < -0.39 is 0 Å². The van der Waals surface area contributed by atoms with Crippen LogP contribution in [-0.2, 0) is 24.2 Å². The van der Waals surface area contributed by atoms with E-state index in [-0.39, 0.29) is 5.91 Å². The van der Waals surface area contributed by atoms with E-state index in [0.717, 1.165) is 34.9 Å². The lowest BCUT2D eigenvalue weighted by molar-refractivity contribution is -0.120. The van der Waals surface area contributed by atoms with Gasteiger partial charge in [0.15, 0.2) is 0 Å². The van der Waals surface area contributed by atoms with Crippen molar-refractivity contribution in [2.75, 3.05) is 13.7 Å². The number of nitrogens with two attached hydrogens (primary N) is 1. The summed E-state index contributed by atoms with van der Waals surface area (Å²) in [6, 6.07) is 7.65. The van der Waals surface area contributed by atoms with Gasteiger partial charge in [-0.1, -0.05) is 18.2 Å². The highest BCUT2D eigenvalue weighted by molar-refractivity contribution is 7.09. The molecule has 0 radical (unpaired) electrons. The summed E-state index contributed by atoms with van der Waals surface area (Å²) < 4.78 is 5.26. The number of para-hydroxylation sites is 1. The quantitative estimate of drug-likeness (QED) is 0.779. The number of nitrogens with zero attached hydrogens (tertiary/aromatic N) is 1. The summed E-state index contributed by atoms with van der Waals surface area (Å²) in [4.78, 5) is 16.5. The Morgan fingerprint density at radius 3 is 3.00 bits per heavy atom. The third-order valence-electron chi connectivity index (χ3n) is 3.20. The lowest BCUT2D eigenvalue weighted by Gasteiger charge is -2.09. The minimum absolute atomic E-state index is 0.0402. The molecule has 22 heavy (non-hydrogen) atoms. The number of rotatable bonds is 8. The summed E-state index contributed by atoms with van der Waals surface area (Å²) in [5.74, 6) is 0.738. The molecule has 1 aromatic carbocycles. The number of carbonyl (C=O) groups is 1. The fourth-order valence-corrected chi connectivity index (χ4v) is 2.91. The standard InChI is InChI=1S/C16H21N3O2S/c1-21-14-6-3-2-5-12(14)10-18-15(20)9-13-11-22-16(19-13)7-4-8-17/h2-3,5-6,11H,4,7-10,17H2,1H3,(H,18,20). The van der Waals surface area contributed by atoms with Gasteiger partial charge in [-0.15, -0.1) is 11.3 Å². The Balaban J connectivity index is 1.84. The molecule has 5 nitrogen and oxygen atoms in total. The first-order valence-corrected chi connectivity index (χ1v) is 8.13. The van der Waals surface area contributed by atoms with Crippen LogP contribution < -0.4 is 15.8 Å². The Kier molecular flexibility index (Phi) is 6.36. The van der Waals surface area contributed by atoms with Gasteiger partial charge in [-0.2, -0.15) is 0 Å². The smallest absolute Gasteiger partial charge is 0.226 e. The van der Waals surface area contributed by atoms with Gasteiger partial charge in [0.25, 0.3) is 0 Å². The highest BCUT2D eigenvalue weighted by Gasteiger charge is 2.09. The number of hydrogen-bond acceptors (Lipinski definition) is 5. The van der Waals surface area contributed by atoms with E-state index in [0.29, 0.717) is 19.5 Å². The third-order valence-corrected chi connectivity index (χ3v) is 4.16. The number of amides is 1. The van der Waals surface area contributed by atoms with E-state index in [1.807, 2.05) is 29.6 Å². The maximum Gasteiger partial charge on any atom is 0.226 e. The topological polar surface area (TPSA) is 77.2 Å². The summed E-state index contributed by atoms with van der Waals surface area (Å²) in [6.07, 6.45) is 2.10. The number of hydrogen-bond donors (Lipinski definition) is 2. The van der Waals surface area contributed by atoms with E-state index >= 15 is 0 Å². The zero-order valence-corrected chi connectivity index (χ0v) is 13.5. The first kappa shape index (κ1) is 16.5. The van der Waals surface area contributed by atoms with Crippen molar-refractivity contribution in [1.29, 1.82) is 0 Å². The first-order valence-electron chi connectivity index (χ1n) is 7.25. The molecule has 1 amide bonds. The van der Waals surface area contributed by atoms with Crippen molar-refractivity contribution >= 4 is 17.2 Å². The largest absolute Gasteiger partial charge is 0.496 e. The van der Waals surface area contributed by atoms with Gasteiger partial charge in [-0.25, -0.2) is 4.98 Å². The second-order valence-corrected chi connectivity index (χ2v) is 5.83. The van der Waals surface area contributed by atoms with E-state index in [4.69, 9.17) is 10.5 Å².